The Morgan fingerprint density at radius 3 is 2.38 bits per heavy atom. The Hall–Kier alpha value is -3.57. The summed E-state index contributed by atoms with van der Waals surface area (Å²) in [6.45, 7) is 10.5. The summed E-state index contributed by atoms with van der Waals surface area (Å²) in [6.07, 6.45) is 2.89. The molecule has 48 heavy (non-hydrogen) atoms. The van der Waals surface area contributed by atoms with Crippen LogP contribution in [0.25, 0.3) is 11.0 Å². The van der Waals surface area contributed by atoms with Gasteiger partial charge < -0.3 is 24.4 Å². The van der Waals surface area contributed by atoms with E-state index >= 15 is 8.78 Å². The van der Waals surface area contributed by atoms with E-state index in [0.29, 0.717) is 43.4 Å². The fourth-order valence-corrected chi connectivity index (χ4v) is 8.27. The second kappa shape index (κ2) is 12.1. The number of nitrogens with one attached hydrogen (secondary N) is 1. The molecule has 0 radical (unpaired) electrons. The second-order valence-electron chi connectivity index (χ2n) is 15.8. The molecule has 10 nitrogen and oxygen atoms in total. The van der Waals surface area contributed by atoms with Gasteiger partial charge >= 0.3 is 12.0 Å². The maximum absolute atomic E-state index is 16.9. The zero-order valence-electron chi connectivity index (χ0n) is 29.0. The number of alkyl halides is 2. The third-order valence-corrected chi connectivity index (χ3v) is 11.4. The lowest BCUT2D eigenvalue weighted by Gasteiger charge is -2.37. The van der Waals surface area contributed by atoms with Crippen molar-refractivity contribution in [3.05, 3.63) is 23.9 Å². The smallest absolute Gasteiger partial charge is 0.408 e. The number of alkyl carbamates (subject to hydrolysis) is 1. The number of benzene rings is 1. The molecular formula is C36H48F2N4O6. The Morgan fingerprint density at radius 1 is 1.06 bits per heavy atom. The normalized spacial score (nSPS) is 31.9. The Kier molecular flexibility index (Phi) is 8.64. The summed E-state index contributed by atoms with van der Waals surface area (Å²) < 4.78 is 51.7. The first-order valence-corrected chi connectivity index (χ1v) is 17.2. The molecular weight excluding hydrogens is 622 g/mol. The predicted molar refractivity (Wildman–Crippen MR) is 174 cm³/mol. The lowest BCUT2D eigenvalue weighted by molar-refractivity contribution is -0.141. The number of ether oxygens (including phenoxy) is 3. The van der Waals surface area contributed by atoms with Crippen LogP contribution in [0.2, 0.25) is 0 Å². The van der Waals surface area contributed by atoms with Crippen molar-refractivity contribution >= 4 is 28.8 Å². The number of ketones is 1. The number of halogens is 2. The van der Waals surface area contributed by atoms with E-state index in [1.807, 2.05) is 27.7 Å². The van der Waals surface area contributed by atoms with E-state index in [2.05, 4.69) is 15.3 Å². The van der Waals surface area contributed by atoms with Crippen LogP contribution in [0.15, 0.2) is 18.2 Å². The number of rotatable bonds is 2. The van der Waals surface area contributed by atoms with Crippen LogP contribution >= 0.6 is 0 Å². The van der Waals surface area contributed by atoms with E-state index in [4.69, 9.17) is 14.2 Å². The van der Waals surface area contributed by atoms with Gasteiger partial charge in [-0.15, -0.1) is 0 Å². The molecule has 6 rings (SSSR count). The van der Waals surface area contributed by atoms with Gasteiger partial charge in [-0.3, -0.25) is 9.59 Å². The first-order chi connectivity index (χ1) is 22.5. The molecule has 2 bridgehead atoms. The van der Waals surface area contributed by atoms with Gasteiger partial charge in [0.25, 0.3) is 0 Å². The third-order valence-electron chi connectivity index (χ3n) is 11.4. The number of amides is 2. The zero-order chi connectivity index (χ0) is 34.8. The molecule has 3 fully saturated rings. The van der Waals surface area contributed by atoms with Crippen molar-refractivity contribution < 1.29 is 37.4 Å². The largest absolute Gasteiger partial charge is 0.497 e. The van der Waals surface area contributed by atoms with Gasteiger partial charge in [-0.25, -0.2) is 14.8 Å². The lowest BCUT2D eigenvalue weighted by atomic mass is 9.83. The van der Waals surface area contributed by atoms with Crippen LogP contribution < -0.4 is 14.8 Å². The van der Waals surface area contributed by atoms with E-state index in [1.54, 1.807) is 25.1 Å². The summed E-state index contributed by atoms with van der Waals surface area (Å²) in [5.41, 5.74) is -2.74. The van der Waals surface area contributed by atoms with Crippen LogP contribution in [0.3, 0.4) is 0 Å². The maximum atomic E-state index is 16.9. The van der Waals surface area contributed by atoms with Crippen LogP contribution in [0.4, 0.5) is 13.6 Å². The SMILES string of the molecule is COc1ccc2nc3c(nc2c1)O[C@H]1CN(C(=O)[C@H](C(C)(C)C)NC(=O)O[C@]2(C)CCC[C@H]2CCCC2(CC2)C3(F)F)[C@H](C(C)=O)[C@@H]1C. The molecule has 262 valence electrons. The predicted octanol–water partition coefficient (Wildman–Crippen LogP) is 6.58. The molecule has 1 aromatic carbocycles. The molecule has 12 heteroatoms. The topological polar surface area (TPSA) is 120 Å². The minimum atomic E-state index is -3.36. The van der Waals surface area contributed by atoms with E-state index in [-0.39, 0.29) is 36.1 Å². The second-order valence-corrected chi connectivity index (χ2v) is 15.8. The van der Waals surface area contributed by atoms with Crippen LogP contribution in [0.1, 0.15) is 98.6 Å². The summed E-state index contributed by atoms with van der Waals surface area (Å²) in [5, 5.41) is 2.85. The number of hydrogen-bond donors (Lipinski definition) is 1. The molecule has 4 aliphatic rings. The van der Waals surface area contributed by atoms with Crippen LogP contribution in [-0.2, 0) is 20.2 Å². The molecule has 0 unspecified atom stereocenters. The molecule has 1 N–H and O–H groups in total. The maximum Gasteiger partial charge on any atom is 0.408 e. The fourth-order valence-electron chi connectivity index (χ4n) is 8.27. The molecule has 2 aliphatic heterocycles. The molecule has 2 saturated carbocycles. The molecule has 2 aliphatic carbocycles. The van der Waals surface area contributed by atoms with E-state index in [9.17, 15) is 14.4 Å². The first kappa shape index (κ1) is 34.3. The van der Waals surface area contributed by atoms with Crippen molar-refractivity contribution in [2.45, 2.75) is 123 Å². The van der Waals surface area contributed by atoms with Crippen LogP contribution in [-0.4, -0.2) is 70.1 Å². The summed E-state index contributed by atoms with van der Waals surface area (Å²) in [7, 11) is 1.51. The molecule has 6 atom stereocenters. The number of carbonyl (C=O) groups excluding carboxylic acids is 3. The first-order valence-electron chi connectivity index (χ1n) is 17.2. The average molecular weight is 671 g/mol. The van der Waals surface area contributed by atoms with Gasteiger partial charge in [0.05, 0.1) is 30.7 Å². The van der Waals surface area contributed by atoms with Gasteiger partial charge in [-0.1, -0.05) is 34.1 Å². The molecule has 2 amide bonds. The van der Waals surface area contributed by atoms with Gasteiger partial charge in [0, 0.05) is 17.4 Å². The Bertz CT molecular complexity index is 1610. The number of nitrogens with zero attached hydrogens (tertiary/aromatic N) is 3. The molecule has 3 heterocycles. The van der Waals surface area contributed by atoms with E-state index < -0.39 is 64.2 Å². The molecule has 2 aromatic rings. The summed E-state index contributed by atoms with van der Waals surface area (Å²) >= 11 is 0. The van der Waals surface area contributed by atoms with Crippen LogP contribution in [0.5, 0.6) is 11.6 Å². The highest BCUT2D eigenvalue weighted by Crippen LogP contribution is 2.65. The lowest BCUT2D eigenvalue weighted by Crippen LogP contribution is -2.58. The summed E-state index contributed by atoms with van der Waals surface area (Å²) in [4.78, 5) is 51.4. The van der Waals surface area contributed by atoms with Crippen molar-refractivity contribution in [1.29, 1.82) is 0 Å². The molecule has 1 aromatic heterocycles. The van der Waals surface area contributed by atoms with Crippen molar-refractivity contribution in [3.8, 4) is 11.6 Å². The monoisotopic (exact) mass is 670 g/mol. The minimum absolute atomic E-state index is 0.00744. The van der Waals surface area contributed by atoms with E-state index in [1.165, 1.54) is 18.9 Å². The Labute approximate surface area is 280 Å². The summed E-state index contributed by atoms with van der Waals surface area (Å²) in [6, 6.07) is 2.95. The van der Waals surface area contributed by atoms with Crippen molar-refractivity contribution in [3.63, 3.8) is 0 Å². The minimum Gasteiger partial charge on any atom is -0.497 e. The highest BCUT2D eigenvalue weighted by Gasteiger charge is 2.64. The number of Topliss-reactive ketones (excluding diaryl/α,β-unsaturated/α-hetero) is 1. The van der Waals surface area contributed by atoms with Crippen LogP contribution in [0, 0.1) is 22.7 Å². The number of hydrogen-bond acceptors (Lipinski definition) is 8. The summed E-state index contributed by atoms with van der Waals surface area (Å²) in [5.74, 6) is -4.50. The number of carbonyl (C=O) groups is 3. The standard InChI is InChI=1S/C36H48F2N4O6/c1-20-26-19-42(27(20)21(2)43)31(44)29(33(3,4)5)41-32(45)48-34(6)14-8-10-22(34)11-9-15-35(16-17-35)36(37,38)28-30(47-26)40-25-18-23(46-7)12-13-24(25)39-28/h12-13,18,20,22,26-27,29H,8-11,14-17,19H2,1-7H3,(H,41,45)/t20-,22+,26+,27+,29-,34-/m1/s1. The molecule has 1 saturated heterocycles. The fraction of sp³-hybridized carbons (Fsp3) is 0.694. The van der Waals surface area contributed by atoms with Gasteiger partial charge in [0.2, 0.25) is 11.8 Å². The highest BCUT2D eigenvalue weighted by molar-refractivity contribution is 5.92. The quantitative estimate of drug-likeness (QED) is 0.381. The van der Waals surface area contributed by atoms with Gasteiger partial charge in [-0.2, -0.15) is 8.78 Å². The highest BCUT2D eigenvalue weighted by atomic mass is 19.3. The zero-order valence-corrected chi connectivity index (χ0v) is 29.0. The van der Waals surface area contributed by atoms with Crippen molar-refractivity contribution in [2.75, 3.05) is 13.7 Å². The van der Waals surface area contributed by atoms with Crippen molar-refractivity contribution in [1.82, 2.24) is 20.2 Å². The Morgan fingerprint density at radius 2 is 1.75 bits per heavy atom. The third kappa shape index (κ3) is 5.97. The average Bonchev–Trinajstić information content (AvgIpc) is 3.63. The van der Waals surface area contributed by atoms with Gasteiger partial charge in [0.15, 0.2) is 11.5 Å². The Balaban J connectivity index is 1.47. The number of aromatic nitrogens is 2. The molecule has 1 spiro atoms. The number of methoxy groups -OCH3 is 1. The number of fused-ring (bicyclic) bond motifs is 5. The van der Waals surface area contributed by atoms with Gasteiger partial charge in [-0.05, 0) is 82.3 Å². The van der Waals surface area contributed by atoms with Gasteiger partial charge in [0.1, 0.15) is 23.5 Å². The van der Waals surface area contributed by atoms with E-state index in [0.717, 1.165) is 12.8 Å². The van der Waals surface area contributed by atoms with Crippen molar-refractivity contribution in [2.24, 2.45) is 22.7 Å².